The lowest BCUT2D eigenvalue weighted by Crippen LogP contribution is -2.22. The fourth-order valence-corrected chi connectivity index (χ4v) is 2.63. The van der Waals surface area contributed by atoms with Gasteiger partial charge in [0.2, 0.25) is 0 Å². The van der Waals surface area contributed by atoms with Crippen molar-refractivity contribution in [2.45, 2.75) is 46.7 Å². The fraction of sp³-hybridized carbons (Fsp3) is 0.500. The molecule has 0 radical (unpaired) electrons. The van der Waals surface area contributed by atoms with Gasteiger partial charge in [0.1, 0.15) is 10.8 Å². The molecule has 0 bridgehead atoms. The lowest BCUT2D eigenvalue weighted by Gasteiger charge is -2.09. The van der Waals surface area contributed by atoms with E-state index < -0.39 is 0 Å². The molecule has 0 aliphatic rings. The molecule has 20 heavy (non-hydrogen) atoms. The Hall–Kier alpha value is -0.700. The molecule has 2 nitrogen and oxygen atoms in total. The molecule has 0 fully saturated rings. The second-order valence-corrected chi connectivity index (χ2v) is 6.66. The lowest BCUT2D eigenvalue weighted by atomic mass is 9.99. The zero-order valence-electron chi connectivity index (χ0n) is 12.4. The first-order valence-corrected chi connectivity index (χ1v) is 7.77. The Morgan fingerprint density at radius 3 is 2.45 bits per heavy atom. The molecule has 1 N–H and O–H groups in total. The van der Waals surface area contributed by atoms with E-state index in [1.54, 1.807) is 0 Å². The van der Waals surface area contributed by atoms with Gasteiger partial charge in [-0.1, -0.05) is 50.9 Å². The minimum absolute atomic E-state index is 0.411. The molecule has 0 unspecified atom stereocenters. The summed E-state index contributed by atoms with van der Waals surface area (Å²) in [6.45, 7) is 9.36. The monoisotopic (exact) mass is 313 g/mol. The van der Waals surface area contributed by atoms with Crippen molar-refractivity contribution in [3.63, 3.8) is 0 Å². The van der Waals surface area contributed by atoms with Crippen molar-refractivity contribution in [2.75, 3.05) is 0 Å². The van der Waals surface area contributed by atoms with Gasteiger partial charge in [-0.2, -0.15) is 0 Å². The largest absolute Gasteiger partial charge is 0.458 e. The molecule has 0 atom stereocenters. The van der Waals surface area contributed by atoms with E-state index in [0.717, 1.165) is 17.6 Å². The maximum atomic E-state index is 6.26. The van der Waals surface area contributed by atoms with E-state index in [0.29, 0.717) is 34.1 Å². The standard InChI is InChI=1S/C16H21Cl2NO/c1-9(2)7-12-11-5-6-13(17)15(18)16(11)20-14(12)8-19-10(3)4/h5-6,9-10,19H,7-8H2,1-4H3. The number of benzene rings is 1. The first kappa shape index (κ1) is 15.7. The van der Waals surface area contributed by atoms with Crippen molar-refractivity contribution in [1.82, 2.24) is 5.32 Å². The number of halogens is 2. The summed E-state index contributed by atoms with van der Waals surface area (Å²) in [5.74, 6) is 1.52. The van der Waals surface area contributed by atoms with Crippen molar-refractivity contribution in [1.29, 1.82) is 0 Å². The zero-order valence-corrected chi connectivity index (χ0v) is 13.9. The molecule has 1 aromatic heterocycles. The van der Waals surface area contributed by atoms with Gasteiger partial charge in [0.15, 0.2) is 5.58 Å². The highest BCUT2D eigenvalue weighted by molar-refractivity contribution is 6.44. The van der Waals surface area contributed by atoms with E-state index in [2.05, 4.69) is 33.0 Å². The zero-order chi connectivity index (χ0) is 14.9. The molecule has 0 spiro atoms. The molecule has 1 heterocycles. The number of nitrogens with one attached hydrogen (secondary N) is 1. The smallest absolute Gasteiger partial charge is 0.154 e. The molecule has 1 aromatic carbocycles. The minimum Gasteiger partial charge on any atom is -0.458 e. The van der Waals surface area contributed by atoms with Gasteiger partial charge in [0, 0.05) is 17.0 Å². The van der Waals surface area contributed by atoms with E-state index in [1.165, 1.54) is 5.56 Å². The highest BCUT2D eigenvalue weighted by Gasteiger charge is 2.18. The van der Waals surface area contributed by atoms with Crippen LogP contribution in [0, 0.1) is 5.92 Å². The van der Waals surface area contributed by atoms with Gasteiger partial charge in [-0.15, -0.1) is 0 Å². The molecular weight excluding hydrogens is 293 g/mol. The Morgan fingerprint density at radius 1 is 1.15 bits per heavy atom. The van der Waals surface area contributed by atoms with Gasteiger partial charge in [-0.05, 0) is 24.5 Å². The van der Waals surface area contributed by atoms with Crippen LogP contribution in [0.15, 0.2) is 16.5 Å². The molecular formula is C16H21Cl2NO. The third kappa shape index (κ3) is 3.30. The summed E-state index contributed by atoms with van der Waals surface area (Å²) >= 11 is 12.3. The van der Waals surface area contributed by atoms with Gasteiger partial charge in [0.05, 0.1) is 11.6 Å². The third-order valence-corrected chi connectivity index (χ3v) is 4.01. The van der Waals surface area contributed by atoms with Gasteiger partial charge >= 0.3 is 0 Å². The Balaban J connectivity index is 2.51. The van der Waals surface area contributed by atoms with Crippen LogP contribution >= 0.6 is 23.2 Å². The molecule has 0 aliphatic carbocycles. The van der Waals surface area contributed by atoms with Crippen LogP contribution in [-0.4, -0.2) is 6.04 Å². The second-order valence-electron chi connectivity index (χ2n) is 5.88. The highest BCUT2D eigenvalue weighted by Crippen LogP contribution is 2.36. The SMILES string of the molecule is CC(C)Cc1c(CNC(C)C)oc2c(Cl)c(Cl)ccc12. The van der Waals surface area contributed by atoms with Crippen molar-refractivity contribution in [2.24, 2.45) is 5.92 Å². The average Bonchev–Trinajstić information content (AvgIpc) is 2.70. The van der Waals surface area contributed by atoms with E-state index in [4.69, 9.17) is 27.6 Å². The number of rotatable bonds is 5. The number of fused-ring (bicyclic) bond motifs is 1. The quantitative estimate of drug-likeness (QED) is 0.795. The summed E-state index contributed by atoms with van der Waals surface area (Å²) in [5.41, 5.74) is 1.94. The van der Waals surface area contributed by atoms with E-state index in [1.807, 2.05) is 12.1 Å². The van der Waals surface area contributed by atoms with Crippen LogP contribution in [-0.2, 0) is 13.0 Å². The molecule has 0 amide bonds. The van der Waals surface area contributed by atoms with Gasteiger partial charge in [-0.25, -0.2) is 0 Å². The molecule has 110 valence electrons. The molecule has 2 aromatic rings. The van der Waals surface area contributed by atoms with E-state index in [-0.39, 0.29) is 0 Å². The van der Waals surface area contributed by atoms with Crippen LogP contribution in [0.3, 0.4) is 0 Å². The van der Waals surface area contributed by atoms with Crippen LogP contribution in [0.2, 0.25) is 10.0 Å². The number of furan rings is 1. The maximum Gasteiger partial charge on any atom is 0.154 e. The summed E-state index contributed by atoms with van der Waals surface area (Å²) in [4.78, 5) is 0. The lowest BCUT2D eigenvalue weighted by molar-refractivity contribution is 0.478. The predicted octanol–water partition coefficient (Wildman–Crippen LogP) is 5.44. The van der Waals surface area contributed by atoms with Crippen molar-refractivity contribution >= 4 is 34.2 Å². The van der Waals surface area contributed by atoms with Crippen LogP contribution in [0.25, 0.3) is 11.0 Å². The topological polar surface area (TPSA) is 25.2 Å². The van der Waals surface area contributed by atoms with Crippen molar-refractivity contribution in [3.8, 4) is 0 Å². The number of hydrogen-bond donors (Lipinski definition) is 1. The molecule has 0 saturated carbocycles. The average molecular weight is 314 g/mol. The Labute approximate surface area is 130 Å². The second kappa shape index (κ2) is 6.38. The van der Waals surface area contributed by atoms with E-state index in [9.17, 15) is 0 Å². The minimum atomic E-state index is 0.411. The predicted molar refractivity (Wildman–Crippen MR) is 86.8 cm³/mol. The van der Waals surface area contributed by atoms with Crippen molar-refractivity contribution < 1.29 is 4.42 Å². The van der Waals surface area contributed by atoms with Crippen LogP contribution in [0.4, 0.5) is 0 Å². The molecule has 4 heteroatoms. The fourth-order valence-electron chi connectivity index (χ4n) is 2.28. The van der Waals surface area contributed by atoms with Gasteiger partial charge in [-0.3, -0.25) is 0 Å². The van der Waals surface area contributed by atoms with E-state index >= 15 is 0 Å². The highest BCUT2D eigenvalue weighted by atomic mass is 35.5. The summed E-state index contributed by atoms with van der Waals surface area (Å²) < 4.78 is 5.98. The third-order valence-electron chi connectivity index (χ3n) is 3.22. The summed E-state index contributed by atoms with van der Waals surface area (Å²) in [7, 11) is 0. The molecule has 0 saturated heterocycles. The Bertz CT molecular complexity index is 602. The Kier molecular flexibility index (Phi) is 5.00. The summed E-state index contributed by atoms with van der Waals surface area (Å²) in [6, 6.07) is 4.25. The summed E-state index contributed by atoms with van der Waals surface area (Å²) in [6.07, 6.45) is 0.972. The number of hydrogen-bond acceptors (Lipinski definition) is 2. The molecule has 2 rings (SSSR count). The van der Waals surface area contributed by atoms with Crippen molar-refractivity contribution in [3.05, 3.63) is 33.5 Å². The summed E-state index contributed by atoms with van der Waals surface area (Å²) in [5, 5.41) is 5.52. The van der Waals surface area contributed by atoms with Crippen LogP contribution in [0.5, 0.6) is 0 Å². The molecule has 0 aliphatic heterocycles. The first-order valence-electron chi connectivity index (χ1n) is 7.01. The first-order chi connectivity index (χ1) is 9.40. The van der Waals surface area contributed by atoms with Gasteiger partial charge < -0.3 is 9.73 Å². The maximum absolute atomic E-state index is 6.26. The Morgan fingerprint density at radius 2 is 1.85 bits per heavy atom. The van der Waals surface area contributed by atoms with Gasteiger partial charge in [0.25, 0.3) is 0 Å². The normalized spacial score (nSPS) is 12.0. The van der Waals surface area contributed by atoms with Crippen LogP contribution in [0.1, 0.15) is 39.0 Å². The van der Waals surface area contributed by atoms with Crippen LogP contribution < -0.4 is 5.32 Å².